The second-order valence-electron chi connectivity index (χ2n) is 6.60. The van der Waals surface area contributed by atoms with E-state index in [1.807, 2.05) is 30.3 Å². The van der Waals surface area contributed by atoms with Crippen LogP contribution in [0.25, 0.3) is 10.6 Å². The van der Waals surface area contributed by atoms with Gasteiger partial charge in [-0.05, 0) is 37.1 Å². The van der Waals surface area contributed by atoms with Crippen molar-refractivity contribution in [3.8, 4) is 22.1 Å². The summed E-state index contributed by atoms with van der Waals surface area (Å²) in [5.74, 6) is 1.77. The number of aromatic nitrogens is 2. The zero-order valence-corrected chi connectivity index (χ0v) is 17.2. The first-order chi connectivity index (χ1) is 14.2. The highest BCUT2D eigenvalue weighted by molar-refractivity contribution is 7.13. The van der Waals surface area contributed by atoms with Gasteiger partial charge in [-0.25, -0.2) is 9.97 Å². The highest BCUT2D eigenvalue weighted by Gasteiger charge is 2.20. The molecule has 8 heteroatoms. The van der Waals surface area contributed by atoms with E-state index in [2.05, 4.69) is 20.2 Å². The highest BCUT2D eigenvalue weighted by Crippen LogP contribution is 2.39. The minimum Gasteiger partial charge on any atom is -0.493 e. The fourth-order valence-corrected chi connectivity index (χ4v) is 4.24. The van der Waals surface area contributed by atoms with Crippen molar-refractivity contribution >= 4 is 28.7 Å². The Bertz CT molecular complexity index is 1010. The van der Waals surface area contributed by atoms with Crippen molar-refractivity contribution in [2.45, 2.75) is 12.8 Å². The third kappa shape index (κ3) is 3.88. The number of benzene rings is 1. The van der Waals surface area contributed by atoms with Gasteiger partial charge in [0.05, 0.1) is 25.5 Å². The van der Waals surface area contributed by atoms with Crippen LogP contribution in [0.2, 0.25) is 0 Å². The number of pyridine rings is 1. The van der Waals surface area contributed by atoms with Gasteiger partial charge in [-0.1, -0.05) is 6.07 Å². The molecule has 2 aromatic heterocycles. The molecule has 1 saturated heterocycles. The summed E-state index contributed by atoms with van der Waals surface area (Å²) in [5, 5.41) is 5.40. The largest absolute Gasteiger partial charge is 0.493 e. The Morgan fingerprint density at radius 3 is 2.72 bits per heavy atom. The smallest absolute Gasteiger partial charge is 0.275 e. The van der Waals surface area contributed by atoms with Gasteiger partial charge in [0.1, 0.15) is 10.7 Å². The van der Waals surface area contributed by atoms with Crippen molar-refractivity contribution in [2.75, 3.05) is 37.5 Å². The van der Waals surface area contributed by atoms with Crippen LogP contribution < -0.4 is 19.7 Å². The minimum absolute atomic E-state index is 0.261. The van der Waals surface area contributed by atoms with Crippen LogP contribution in [0.15, 0.2) is 41.9 Å². The van der Waals surface area contributed by atoms with Crippen molar-refractivity contribution in [1.29, 1.82) is 0 Å². The van der Waals surface area contributed by atoms with Crippen LogP contribution >= 0.6 is 11.3 Å². The summed E-state index contributed by atoms with van der Waals surface area (Å²) >= 11 is 1.39. The molecule has 29 heavy (non-hydrogen) atoms. The number of carbonyl (C=O) groups is 1. The maximum absolute atomic E-state index is 12.8. The normalized spacial score (nSPS) is 13.4. The second-order valence-corrected chi connectivity index (χ2v) is 7.46. The summed E-state index contributed by atoms with van der Waals surface area (Å²) in [4.78, 5) is 24.0. The molecule has 1 fully saturated rings. The Morgan fingerprint density at radius 2 is 1.97 bits per heavy atom. The Balaban J connectivity index is 1.58. The van der Waals surface area contributed by atoms with E-state index in [1.165, 1.54) is 11.3 Å². The van der Waals surface area contributed by atoms with Crippen LogP contribution in [0.4, 0.5) is 11.5 Å². The monoisotopic (exact) mass is 410 g/mol. The third-order valence-electron chi connectivity index (χ3n) is 4.81. The van der Waals surface area contributed by atoms with Gasteiger partial charge in [0.15, 0.2) is 17.3 Å². The van der Waals surface area contributed by atoms with E-state index in [9.17, 15) is 4.79 Å². The van der Waals surface area contributed by atoms with Crippen LogP contribution in [0.3, 0.4) is 0 Å². The van der Waals surface area contributed by atoms with Crippen molar-refractivity contribution in [3.05, 3.63) is 47.6 Å². The summed E-state index contributed by atoms with van der Waals surface area (Å²) in [6, 6.07) is 9.29. The van der Waals surface area contributed by atoms with E-state index in [-0.39, 0.29) is 5.91 Å². The van der Waals surface area contributed by atoms with Gasteiger partial charge in [0, 0.05) is 24.7 Å². The molecule has 0 bridgehead atoms. The highest BCUT2D eigenvalue weighted by atomic mass is 32.1. The molecule has 0 spiro atoms. The molecule has 7 nitrogen and oxygen atoms in total. The van der Waals surface area contributed by atoms with E-state index in [0.29, 0.717) is 27.9 Å². The van der Waals surface area contributed by atoms with Gasteiger partial charge < -0.3 is 19.7 Å². The van der Waals surface area contributed by atoms with Gasteiger partial charge in [-0.15, -0.1) is 11.3 Å². The van der Waals surface area contributed by atoms with Gasteiger partial charge in [-0.2, -0.15) is 0 Å². The summed E-state index contributed by atoms with van der Waals surface area (Å²) in [6.07, 6.45) is 4.03. The van der Waals surface area contributed by atoms with Gasteiger partial charge in [0.25, 0.3) is 5.91 Å². The van der Waals surface area contributed by atoms with E-state index < -0.39 is 0 Å². The number of thiazole rings is 1. The molecule has 0 atom stereocenters. The van der Waals surface area contributed by atoms with Crippen molar-refractivity contribution < 1.29 is 14.3 Å². The van der Waals surface area contributed by atoms with Gasteiger partial charge in [-0.3, -0.25) is 4.79 Å². The van der Waals surface area contributed by atoms with E-state index >= 15 is 0 Å². The summed E-state index contributed by atoms with van der Waals surface area (Å²) in [6.45, 7) is 1.91. The lowest BCUT2D eigenvalue weighted by molar-refractivity contribution is 0.102. The fourth-order valence-electron chi connectivity index (χ4n) is 3.42. The van der Waals surface area contributed by atoms with E-state index in [0.717, 1.165) is 37.3 Å². The number of amides is 1. The predicted octanol–water partition coefficient (Wildman–Crippen LogP) is 4.07. The number of methoxy groups -OCH3 is 2. The first-order valence-electron chi connectivity index (χ1n) is 9.39. The van der Waals surface area contributed by atoms with Crippen molar-refractivity contribution in [1.82, 2.24) is 9.97 Å². The molecular weight excluding hydrogens is 388 g/mol. The minimum atomic E-state index is -0.261. The zero-order chi connectivity index (χ0) is 20.2. The quantitative estimate of drug-likeness (QED) is 0.660. The van der Waals surface area contributed by atoms with Crippen molar-refractivity contribution in [3.63, 3.8) is 0 Å². The van der Waals surface area contributed by atoms with Gasteiger partial charge in [0.2, 0.25) is 0 Å². The topological polar surface area (TPSA) is 76.6 Å². The molecule has 1 aliphatic rings. The number of rotatable bonds is 6. The van der Waals surface area contributed by atoms with Crippen LogP contribution in [-0.2, 0) is 0 Å². The average molecular weight is 410 g/mol. The number of nitrogens with one attached hydrogen (secondary N) is 1. The predicted molar refractivity (Wildman–Crippen MR) is 114 cm³/mol. The lowest BCUT2D eigenvalue weighted by Gasteiger charge is -2.19. The molecule has 0 radical (unpaired) electrons. The number of hydrogen-bond donors (Lipinski definition) is 1. The summed E-state index contributed by atoms with van der Waals surface area (Å²) in [7, 11) is 3.18. The number of hydrogen-bond acceptors (Lipinski definition) is 7. The fraction of sp³-hybridized carbons (Fsp3) is 0.286. The van der Waals surface area contributed by atoms with E-state index in [4.69, 9.17) is 9.47 Å². The van der Waals surface area contributed by atoms with Crippen LogP contribution in [0.5, 0.6) is 11.5 Å². The molecule has 3 aromatic rings. The lowest BCUT2D eigenvalue weighted by Crippen LogP contribution is -2.22. The number of anilines is 2. The van der Waals surface area contributed by atoms with Gasteiger partial charge >= 0.3 is 0 Å². The Kier molecular flexibility index (Phi) is 5.62. The maximum Gasteiger partial charge on any atom is 0.275 e. The molecule has 1 N–H and O–H groups in total. The molecule has 4 rings (SSSR count). The molecule has 1 aliphatic heterocycles. The second kappa shape index (κ2) is 8.48. The first kappa shape index (κ1) is 19.2. The van der Waals surface area contributed by atoms with Crippen molar-refractivity contribution in [2.24, 2.45) is 0 Å². The average Bonchev–Trinajstić information content (AvgIpc) is 3.46. The third-order valence-corrected chi connectivity index (χ3v) is 5.69. The first-order valence-corrected chi connectivity index (χ1v) is 10.3. The van der Waals surface area contributed by atoms with E-state index in [1.54, 1.807) is 25.8 Å². The van der Waals surface area contributed by atoms with Crippen LogP contribution in [0.1, 0.15) is 23.3 Å². The number of ether oxygens (including phenoxy) is 2. The molecule has 1 aromatic carbocycles. The SMILES string of the molecule is COc1cccc(-c2nc(C(=O)Nc3cccnc3N3CCCC3)cs2)c1OC. The summed E-state index contributed by atoms with van der Waals surface area (Å²) < 4.78 is 10.8. The zero-order valence-electron chi connectivity index (χ0n) is 16.3. The molecular formula is C21H22N4O3S. The number of nitrogens with zero attached hydrogens (tertiary/aromatic N) is 3. The molecule has 0 aliphatic carbocycles. The Morgan fingerprint density at radius 1 is 1.14 bits per heavy atom. The number of carbonyl (C=O) groups excluding carboxylic acids is 1. The Labute approximate surface area is 173 Å². The summed E-state index contributed by atoms with van der Waals surface area (Å²) in [5.41, 5.74) is 1.84. The lowest BCUT2D eigenvalue weighted by atomic mass is 10.2. The van der Waals surface area contributed by atoms with Crippen LogP contribution in [0, 0.1) is 0 Å². The van der Waals surface area contributed by atoms with Crippen LogP contribution in [-0.4, -0.2) is 43.2 Å². The molecule has 150 valence electrons. The molecule has 0 unspecified atom stereocenters. The Hall–Kier alpha value is -3.13. The molecule has 1 amide bonds. The number of para-hydroxylation sites is 1. The molecule has 3 heterocycles. The maximum atomic E-state index is 12.8. The molecule has 0 saturated carbocycles. The standard InChI is InChI=1S/C21H22N4O3S/c1-27-17-9-5-7-14(18(17)28-2)21-24-16(13-29-21)20(26)23-15-8-6-10-22-19(15)25-11-3-4-12-25/h5-10,13H,3-4,11-12H2,1-2H3,(H,23,26).